The van der Waals surface area contributed by atoms with Crippen LogP contribution < -0.4 is 0 Å². The molecule has 0 aliphatic heterocycles. The molecule has 0 heterocycles. The highest BCUT2D eigenvalue weighted by Crippen LogP contribution is 2.54. The quantitative estimate of drug-likeness (QED) is 0.687. The maximum Gasteiger partial charge on any atom is 0.121 e. The average molecular weight is 327 g/mol. The molecule has 0 saturated heterocycles. The summed E-state index contributed by atoms with van der Waals surface area (Å²) in [5.74, 6) is 5.39. The van der Waals surface area contributed by atoms with E-state index in [0.29, 0.717) is 5.75 Å². The van der Waals surface area contributed by atoms with E-state index in [1.54, 1.807) is 6.42 Å². The highest BCUT2D eigenvalue weighted by atomic mass is 16.3. The Labute approximate surface area is 147 Å². The molecule has 1 nitrogen and oxygen atoms in total. The zero-order chi connectivity index (χ0) is 16.7. The van der Waals surface area contributed by atoms with Gasteiger partial charge in [-0.15, -0.1) is 0 Å². The zero-order valence-corrected chi connectivity index (χ0v) is 15.6. The third-order valence-corrected chi connectivity index (χ3v) is 7.66. The second-order valence-corrected chi connectivity index (χ2v) is 9.10. The molecule has 1 N–H and O–H groups in total. The van der Waals surface area contributed by atoms with Crippen molar-refractivity contribution in [3.8, 4) is 5.75 Å². The first-order valence-corrected chi connectivity index (χ1v) is 10.4. The topological polar surface area (TPSA) is 20.2 Å². The van der Waals surface area contributed by atoms with Gasteiger partial charge in [0.15, 0.2) is 0 Å². The maximum absolute atomic E-state index is 10.1. The van der Waals surface area contributed by atoms with Crippen molar-refractivity contribution in [3.63, 3.8) is 0 Å². The molecule has 1 aromatic rings. The van der Waals surface area contributed by atoms with Crippen LogP contribution in [-0.4, -0.2) is 5.11 Å². The van der Waals surface area contributed by atoms with Crippen LogP contribution in [0.15, 0.2) is 12.1 Å². The fourth-order valence-electron chi connectivity index (χ4n) is 6.63. The van der Waals surface area contributed by atoms with Gasteiger partial charge in [-0.2, -0.15) is 0 Å². The summed E-state index contributed by atoms with van der Waals surface area (Å²) < 4.78 is 0. The van der Waals surface area contributed by atoms with Crippen LogP contribution in [0.5, 0.6) is 5.75 Å². The Bertz CT molecular complexity index is 545. The molecular weight excluding hydrogens is 292 g/mol. The number of hydrogen-bond acceptors (Lipinski definition) is 1. The number of hydrogen-bond donors (Lipinski definition) is 1. The number of rotatable bonds is 2. The number of phenols is 1. The van der Waals surface area contributed by atoms with Gasteiger partial charge in [0, 0.05) is 0 Å². The molecule has 24 heavy (non-hydrogen) atoms. The van der Waals surface area contributed by atoms with Gasteiger partial charge < -0.3 is 5.11 Å². The van der Waals surface area contributed by atoms with Gasteiger partial charge in [-0.1, -0.05) is 50.7 Å². The number of aromatic hydroxyl groups is 1. The summed E-state index contributed by atoms with van der Waals surface area (Å²) in [6.07, 6.45) is 14.6. The van der Waals surface area contributed by atoms with Crippen LogP contribution in [-0.2, 0) is 6.42 Å². The van der Waals surface area contributed by atoms with E-state index in [4.69, 9.17) is 0 Å². The Morgan fingerprint density at radius 3 is 1.88 bits per heavy atom. The molecule has 0 amide bonds. The number of aryl methyl sites for hydroxylation is 2. The van der Waals surface area contributed by atoms with Gasteiger partial charge in [0.05, 0.1) is 0 Å². The van der Waals surface area contributed by atoms with Crippen molar-refractivity contribution in [3.05, 3.63) is 28.8 Å². The first-order valence-electron chi connectivity index (χ1n) is 10.4. The van der Waals surface area contributed by atoms with Crippen LogP contribution in [0.25, 0.3) is 0 Å². The molecule has 3 fully saturated rings. The summed E-state index contributed by atoms with van der Waals surface area (Å²) in [5, 5.41) is 10.1. The van der Waals surface area contributed by atoms with Crippen LogP contribution in [0, 0.1) is 43.4 Å². The third-order valence-electron chi connectivity index (χ3n) is 7.66. The maximum atomic E-state index is 10.1. The summed E-state index contributed by atoms with van der Waals surface area (Å²) in [7, 11) is 0. The molecule has 0 radical (unpaired) electrons. The van der Waals surface area contributed by atoms with Gasteiger partial charge in [0.1, 0.15) is 5.75 Å². The summed E-state index contributed by atoms with van der Waals surface area (Å²) >= 11 is 0. The minimum atomic E-state index is 0.494. The lowest BCUT2D eigenvalue weighted by Crippen LogP contribution is -2.43. The second-order valence-electron chi connectivity index (χ2n) is 9.10. The Morgan fingerprint density at radius 1 is 0.833 bits per heavy atom. The summed E-state index contributed by atoms with van der Waals surface area (Å²) in [6.45, 7) is 4.11. The number of fused-ring (bicyclic) bond motifs is 2. The Morgan fingerprint density at radius 2 is 1.33 bits per heavy atom. The van der Waals surface area contributed by atoms with Crippen LogP contribution in [0.2, 0.25) is 0 Å². The van der Waals surface area contributed by atoms with E-state index >= 15 is 0 Å². The standard InChI is InChI=1S/C23H34O/c1-15-11-17(12-16(2)23(15)24)13-22-20-9-5-3-7-18(20)14-19-8-4-6-10-21(19)22/h11-12,18-22,24H,3-10,13-14H2,1-2H3. The molecule has 4 rings (SSSR count). The SMILES string of the molecule is Cc1cc(CC2C3CCCCC3CC3CCCCC32)cc(C)c1O. The first kappa shape index (κ1) is 16.5. The molecule has 0 spiro atoms. The molecule has 3 aliphatic rings. The average Bonchev–Trinajstić information content (AvgIpc) is 2.59. The van der Waals surface area contributed by atoms with Gasteiger partial charge in [0.25, 0.3) is 0 Å². The monoisotopic (exact) mass is 326 g/mol. The largest absolute Gasteiger partial charge is 0.507 e. The Kier molecular flexibility index (Phi) is 4.62. The van der Waals surface area contributed by atoms with E-state index < -0.39 is 0 Å². The van der Waals surface area contributed by atoms with Gasteiger partial charge in [0.2, 0.25) is 0 Å². The number of phenolic OH excluding ortho intramolecular Hbond substituents is 1. The molecule has 1 aromatic carbocycles. The van der Waals surface area contributed by atoms with Crippen LogP contribution in [0.3, 0.4) is 0 Å². The van der Waals surface area contributed by atoms with E-state index in [2.05, 4.69) is 26.0 Å². The lowest BCUT2D eigenvalue weighted by molar-refractivity contribution is -0.0109. The van der Waals surface area contributed by atoms with Crippen molar-refractivity contribution in [1.29, 1.82) is 0 Å². The van der Waals surface area contributed by atoms with Crippen molar-refractivity contribution < 1.29 is 5.11 Å². The zero-order valence-electron chi connectivity index (χ0n) is 15.6. The number of benzene rings is 1. The lowest BCUT2D eigenvalue weighted by Gasteiger charge is -2.51. The predicted molar refractivity (Wildman–Crippen MR) is 100 cm³/mol. The van der Waals surface area contributed by atoms with Crippen molar-refractivity contribution in [2.24, 2.45) is 29.6 Å². The Hall–Kier alpha value is -0.980. The Balaban J connectivity index is 1.62. The molecule has 3 saturated carbocycles. The van der Waals surface area contributed by atoms with Crippen molar-refractivity contribution in [2.45, 2.75) is 78.1 Å². The fourth-order valence-corrected chi connectivity index (χ4v) is 6.63. The molecule has 4 unspecified atom stereocenters. The van der Waals surface area contributed by atoms with E-state index in [1.165, 1.54) is 63.4 Å². The van der Waals surface area contributed by atoms with Crippen molar-refractivity contribution in [1.82, 2.24) is 0 Å². The predicted octanol–water partition coefficient (Wildman–Crippen LogP) is 6.18. The third kappa shape index (κ3) is 3.00. The molecule has 3 aliphatic carbocycles. The van der Waals surface area contributed by atoms with Crippen molar-refractivity contribution >= 4 is 0 Å². The highest BCUT2D eigenvalue weighted by Gasteiger charge is 2.45. The second kappa shape index (κ2) is 6.73. The molecular formula is C23H34O. The summed E-state index contributed by atoms with van der Waals surface area (Å²) in [4.78, 5) is 0. The van der Waals surface area contributed by atoms with E-state index in [-0.39, 0.29) is 0 Å². The van der Waals surface area contributed by atoms with E-state index in [0.717, 1.165) is 40.7 Å². The van der Waals surface area contributed by atoms with Crippen LogP contribution in [0.4, 0.5) is 0 Å². The summed E-state index contributed by atoms with van der Waals surface area (Å²) in [5.41, 5.74) is 3.59. The van der Waals surface area contributed by atoms with E-state index in [9.17, 15) is 5.11 Å². The first-order chi connectivity index (χ1) is 11.6. The minimum absolute atomic E-state index is 0.494. The molecule has 4 atom stereocenters. The molecule has 1 heteroatoms. The smallest absolute Gasteiger partial charge is 0.121 e. The molecule has 0 aromatic heterocycles. The lowest BCUT2D eigenvalue weighted by atomic mass is 9.54. The van der Waals surface area contributed by atoms with E-state index in [1.807, 2.05) is 0 Å². The molecule has 0 bridgehead atoms. The van der Waals surface area contributed by atoms with Crippen molar-refractivity contribution in [2.75, 3.05) is 0 Å². The van der Waals surface area contributed by atoms with Gasteiger partial charge >= 0.3 is 0 Å². The fraction of sp³-hybridized carbons (Fsp3) is 0.739. The van der Waals surface area contributed by atoms with Gasteiger partial charge in [-0.05, 0) is 85.8 Å². The van der Waals surface area contributed by atoms with Gasteiger partial charge in [-0.25, -0.2) is 0 Å². The highest BCUT2D eigenvalue weighted by molar-refractivity contribution is 5.42. The van der Waals surface area contributed by atoms with Crippen LogP contribution >= 0.6 is 0 Å². The van der Waals surface area contributed by atoms with Crippen LogP contribution in [0.1, 0.15) is 74.5 Å². The minimum Gasteiger partial charge on any atom is -0.507 e. The summed E-state index contributed by atoms with van der Waals surface area (Å²) in [6, 6.07) is 4.51. The molecule has 132 valence electrons. The normalized spacial score (nSPS) is 36.0. The van der Waals surface area contributed by atoms with Gasteiger partial charge in [-0.3, -0.25) is 0 Å².